The van der Waals surface area contributed by atoms with Crippen LogP contribution in [0.3, 0.4) is 0 Å². The van der Waals surface area contributed by atoms with Crippen molar-refractivity contribution in [2.24, 2.45) is 17.8 Å². The van der Waals surface area contributed by atoms with Crippen LogP contribution in [0.15, 0.2) is 18.2 Å². The van der Waals surface area contributed by atoms with Gasteiger partial charge in [0.2, 0.25) is 5.91 Å². The molecule has 0 aromatic heterocycles. The highest BCUT2D eigenvalue weighted by Gasteiger charge is 2.57. The number of nitrogens with one attached hydrogen (secondary N) is 3. The SMILES string of the molecule is CC1CCNCC1C(=O)NC12CC(C1)C(NC(=O)COc1ccc(Cl)c(Cl)c1)C2. The molecule has 1 heterocycles. The van der Waals surface area contributed by atoms with Crippen molar-refractivity contribution in [2.45, 2.75) is 44.2 Å². The van der Waals surface area contributed by atoms with E-state index < -0.39 is 0 Å². The number of piperidine rings is 1. The van der Waals surface area contributed by atoms with E-state index in [0.717, 1.165) is 38.8 Å². The Morgan fingerprint density at radius 2 is 2.03 bits per heavy atom. The lowest BCUT2D eigenvalue weighted by Gasteiger charge is -2.41. The molecule has 2 amide bonds. The third-order valence-corrected chi connectivity index (χ3v) is 7.38. The van der Waals surface area contributed by atoms with Crippen LogP contribution in [0, 0.1) is 17.8 Å². The number of amides is 2. The van der Waals surface area contributed by atoms with Crippen LogP contribution in [-0.2, 0) is 9.59 Å². The maximum absolute atomic E-state index is 12.8. The number of carbonyl (C=O) groups excluding carboxylic acids is 2. The van der Waals surface area contributed by atoms with E-state index >= 15 is 0 Å². The van der Waals surface area contributed by atoms with Crippen molar-refractivity contribution in [2.75, 3.05) is 19.7 Å². The summed E-state index contributed by atoms with van der Waals surface area (Å²) in [5, 5.41) is 10.5. The molecular weight excluding hydrogens is 413 g/mol. The van der Waals surface area contributed by atoms with Crippen molar-refractivity contribution in [1.29, 1.82) is 0 Å². The fraction of sp³-hybridized carbons (Fsp3) is 0.619. The number of fused-ring (bicyclic) bond motifs is 1. The van der Waals surface area contributed by atoms with Crippen LogP contribution in [0.5, 0.6) is 5.75 Å². The summed E-state index contributed by atoms with van der Waals surface area (Å²) in [6, 6.07) is 4.99. The first-order valence-electron chi connectivity index (χ1n) is 10.3. The zero-order chi connectivity index (χ0) is 20.6. The molecule has 1 aliphatic heterocycles. The number of rotatable bonds is 6. The fourth-order valence-corrected chi connectivity index (χ4v) is 5.25. The van der Waals surface area contributed by atoms with E-state index in [4.69, 9.17) is 27.9 Å². The number of benzene rings is 1. The number of halogens is 2. The molecule has 4 aliphatic rings. The molecule has 3 saturated carbocycles. The molecule has 0 spiro atoms. The Hall–Kier alpha value is -1.50. The summed E-state index contributed by atoms with van der Waals surface area (Å²) in [4.78, 5) is 25.1. The van der Waals surface area contributed by atoms with Crippen LogP contribution >= 0.6 is 23.2 Å². The Labute approximate surface area is 181 Å². The maximum atomic E-state index is 12.8. The molecule has 3 atom stereocenters. The molecule has 4 fully saturated rings. The van der Waals surface area contributed by atoms with Crippen LogP contribution in [0.25, 0.3) is 0 Å². The van der Waals surface area contributed by atoms with Crippen LogP contribution in [0.1, 0.15) is 32.6 Å². The molecule has 2 bridgehead atoms. The lowest BCUT2D eigenvalue weighted by atomic mass is 9.76. The summed E-state index contributed by atoms with van der Waals surface area (Å²) in [5.41, 5.74) is -0.151. The minimum atomic E-state index is -0.166. The molecule has 3 aliphatic carbocycles. The van der Waals surface area contributed by atoms with Gasteiger partial charge in [0.15, 0.2) is 6.61 Å². The van der Waals surface area contributed by atoms with Gasteiger partial charge in [0.25, 0.3) is 5.91 Å². The summed E-state index contributed by atoms with van der Waals surface area (Å²) >= 11 is 11.8. The van der Waals surface area contributed by atoms with Crippen molar-refractivity contribution >= 4 is 35.0 Å². The Kier molecular flexibility index (Phi) is 5.96. The lowest BCUT2D eigenvalue weighted by molar-refractivity contribution is -0.130. The van der Waals surface area contributed by atoms with Crippen LogP contribution in [-0.4, -0.2) is 43.1 Å². The summed E-state index contributed by atoms with van der Waals surface area (Å²) in [6.07, 6.45) is 3.69. The summed E-state index contributed by atoms with van der Waals surface area (Å²) in [5.74, 6) is 1.35. The standard InChI is InChI=1S/C21H27Cl2N3O3/c1-12-4-5-24-10-15(12)20(28)26-21-7-13(8-21)18(9-21)25-19(27)11-29-14-2-3-16(22)17(23)6-14/h2-3,6,12-13,15,18,24H,4-5,7-11H2,1H3,(H,25,27)(H,26,28). The smallest absolute Gasteiger partial charge is 0.258 e. The van der Waals surface area contributed by atoms with E-state index in [1.165, 1.54) is 0 Å². The van der Waals surface area contributed by atoms with Gasteiger partial charge in [-0.15, -0.1) is 0 Å². The highest BCUT2D eigenvalue weighted by Crippen LogP contribution is 2.52. The average Bonchev–Trinajstić information content (AvgIpc) is 3.16. The summed E-state index contributed by atoms with van der Waals surface area (Å²) < 4.78 is 5.51. The molecular formula is C21H27Cl2N3O3. The highest BCUT2D eigenvalue weighted by atomic mass is 35.5. The van der Waals surface area contributed by atoms with E-state index in [0.29, 0.717) is 27.6 Å². The highest BCUT2D eigenvalue weighted by molar-refractivity contribution is 6.42. The van der Waals surface area contributed by atoms with Gasteiger partial charge in [0.1, 0.15) is 5.75 Å². The Bertz CT molecular complexity index is 797. The normalized spacial score (nSPS) is 32.9. The van der Waals surface area contributed by atoms with E-state index in [9.17, 15) is 9.59 Å². The minimum absolute atomic E-state index is 0.0328. The first-order chi connectivity index (χ1) is 13.8. The molecule has 5 rings (SSSR count). The second kappa shape index (κ2) is 8.32. The Balaban J connectivity index is 1.25. The van der Waals surface area contributed by atoms with Crippen LogP contribution in [0.4, 0.5) is 0 Å². The molecule has 6 nitrogen and oxygen atoms in total. The van der Waals surface area contributed by atoms with Crippen LogP contribution < -0.4 is 20.7 Å². The summed E-state index contributed by atoms with van der Waals surface area (Å²) in [6.45, 7) is 3.80. The third kappa shape index (κ3) is 4.49. The number of hydrogen-bond donors (Lipinski definition) is 3. The largest absolute Gasteiger partial charge is 0.484 e. The van der Waals surface area contributed by atoms with Crippen molar-refractivity contribution < 1.29 is 14.3 Å². The number of ether oxygens (including phenoxy) is 1. The molecule has 3 N–H and O–H groups in total. The molecule has 1 aromatic carbocycles. The molecule has 29 heavy (non-hydrogen) atoms. The Morgan fingerprint density at radius 3 is 2.76 bits per heavy atom. The van der Waals surface area contributed by atoms with Gasteiger partial charge >= 0.3 is 0 Å². The van der Waals surface area contributed by atoms with Gasteiger partial charge in [-0.1, -0.05) is 30.1 Å². The van der Waals surface area contributed by atoms with Crippen molar-refractivity contribution in [3.63, 3.8) is 0 Å². The molecule has 3 unspecified atom stereocenters. The predicted molar refractivity (Wildman–Crippen MR) is 112 cm³/mol. The summed E-state index contributed by atoms with van der Waals surface area (Å²) in [7, 11) is 0. The van der Waals surface area contributed by atoms with Gasteiger partial charge in [0, 0.05) is 24.2 Å². The minimum Gasteiger partial charge on any atom is -0.484 e. The zero-order valence-electron chi connectivity index (χ0n) is 16.5. The fourth-order valence-electron chi connectivity index (χ4n) is 4.96. The lowest BCUT2D eigenvalue weighted by Crippen LogP contribution is -2.56. The van der Waals surface area contributed by atoms with E-state index in [2.05, 4.69) is 22.9 Å². The van der Waals surface area contributed by atoms with Crippen LogP contribution in [0.2, 0.25) is 10.0 Å². The third-order valence-electron chi connectivity index (χ3n) is 6.65. The number of hydrogen-bond acceptors (Lipinski definition) is 4. The quantitative estimate of drug-likeness (QED) is 0.636. The van der Waals surface area contributed by atoms with E-state index in [-0.39, 0.29) is 35.9 Å². The second-order valence-corrected chi connectivity index (χ2v) is 9.57. The van der Waals surface area contributed by atoms with Gasteiger partial charge in [-0.3, -0.25) is 9.59 Å². The topological polar surface area (TPSA) is 79.5 Å². The van der Waals surface area contributed by atoms with E-state index in [1.807, 2.05) is 0 Å². The monoisotopic (exact) mass is 439 g/mol. The first-order valence-corrected chi connectivity index (χ1v) is 11.0. The predicted octanol–water partition coefficient (Wildman–Crippen LogP) is 2.77. The molecule has 1 saturated heterocycles. The average molecular weight is 440 g/mol. The maximum Gasteiger partial charge on any atom is 0.258 e. The molecule has 158 valence electrons. The van der Waals surface area contributed by atoms with Crippen molar-refractivity contribution in [3.8, 4) is 5.75 Å². The Morgan fingerprint density at radius 1 is 1.24 bits per heavy atom. The van der Waals surface area contributed by atoms with Gasteiger partial charge in [-0.25, -0.2) is 0 Å². The number of carbonyl (C=O) groups is 2. The second-order valence-electron chi connectivity index (χ2n) is 8.76. The molecule has 0 radical (unpaired) electrons. The first kappa shape index (κ1) is 20.8. The van der Waals surface area contributed by atoms with Gasteiger partial charge in [-0.05, 0) is 56.2 Å². The zero-order valence-corrected chi connectivity index (χ0v) is 18.0. The molecule has 1 aromatic rings. The van der Waals surface area contributed by atoms with E-state index in [1.54, 1.807) is 18.2 Å². The molecule has 8 heteroatoms. The van der Waals surface area contributed by atoms with Gasteiger partial charge in [0.05, 0.1) is 16.0 Å². The van der Waals surface area contributed by atoms with Gasteiger partial charge < -0.3 is 20.7 Å². The van der Waals surface area contributed by atoms with Crippen molar-refractivity contribution in [3.05, 3.63) is 28.2 Å². The van der Waals surface area contributed by atoms with Crippen molar-refractivity contribution in [1.82, 2.24) is 16.0 Å². The van der Waals surface area contributed by atoms with Gasteiger partial charge in [-0.2, -0.15) is 0 Å².